The molecule has 96 valence electrons. The van der Waals surface area contributed by atoms with Gasteiger partial charge in [-0.1, -0.05) is 0 Å². The summed E-state index contributed by atoms with van der Waals surface area (Å²) < 4.78 is 5.55. The second kappa shape index (κ2) is 6.55. The minimum absolute atomic E-state index is 0.185. The molecule has 1 atom stereocenters. The van der Waals surface area contributed by atoms with Crippen LogP contribution in [0.25, 0.3) is 0 Å². The Balaban J connectivity index is 2.78. The Morgan fingerprint density at radius 1 is 1.47 bits per heavy atom. The molecule has 4 heteroatoms. The molecule has 0 aliphatic carbocycles. The molecular formula is C13H23N3O. The number of nitrogens with zero attached hydrogens (tertiary/aromatic N) is 3. The van der Waals surface area contributed by atoms with Gasteiger partial charge in [-0.05, 0) is 40.2 Å². The Labute approximate surface area is 104 Å². The normalized spacial score (nSPS) is 19.2. The van der Waals surface area contributed by atoms with Gasteiger partial charge in [-0.15, -0.1) is 0 Å². The third-order valence-electron chi connectivity index (χ3n) is 2.50. The molecule has 17 heavy (non-hydrogen) atoms. The van der Waals surface area contributed by atoms with Gasteiger partial charge in [-0.2, -0.15) is 0 Å². The van der Waals surface area contributed by atoms with Crippen molar-refractivity contribution in [2.75, 3.05) is 19.7 Å². The lowest BCUT2D eigenvalue weighted by atomic mass is 10.2. The van der Waals surface area contributed by atoms with Gasteiger partial charge in [-0.3, -0.25) is 4.99 Å². The summed E-state index contributed by atoms with van der Waals surface area (Å²) >= 11 is 0. The first kappa shape index (κ1) is 13.9. The molecule has 0 radical (unpaired) electrons. The highest BCUT2D eigenvalue weighted by Gasteiger charge is 2.22. The molecule has 0 unspecified atom stereocenters. The maximum atomic E-state index is 5.55. The molecule has 0 bridgehead atoms. The molecule has 0 fully saturated rings. The van der Waals surface area contributed by atoms with Gasteiger partial charge >= 0.3 is 0 Å². The van der Waals surface area contributed by atoms with E-state index in [0.29, 0.717) is 0 Å². The third kappa shape index (κ3) is 3.66. The summed E-state index contributed by atoms with van der Waals surface area (Å²) in [6.45, 7) is 12.6. The van der Waals surface area contributed by atoms with Crippen LogP contribution in [-0.4, -0.2) is 42.9 Å². The van der Waals surface area contributed by atoms with E-state index in [9.17, 15) is 0 Å². The number of allylic oxidation sites excluding steroid dienone is 1. The minimum atomic E-state index is 0.185. The highest BCUT2D eigenvalue weighted by atomic mass is 16.5. The smallest absolute Gasteiger partial charge is 0.155 e. The predicted molar refractivity (Wildman–Crippen MR) is 72.6 cm³/mol. The Bertz CT molecular complexity index is 341. The van der Waals surface area contributed by atoms with Gasteiger partial charge in [0, 0.05) is 13.2 Å². The summed E-state index contributed by atoms with van der Waals surface area (Å²) in [7, 11) is 0. The highest BCUT2D eigenvalue weighted by Crippen LogP contribution is 2.17. The zero-order chi connectivity index (χ0) is 12.8. The van der Waals surface area contributed by atoms with Crippen LogP contribution in [-0.2, 0) is 4.74 Å². The predicted octanol–water partition coefficient (Wildman–Crippen LogP) is 2.47. The van der Waals surface area contributed by atoms with Crippen molar-refractivity contribution in [2.45, 2.75) is 40.7 Å². The lowest BCUT2D eigenvalue weighted by molar-refractivity contribution is 0.0696. The molecule has 0 aromatic rings. The van der Waals surface area contributed by atoms with Crippen molar-refractivity contribution in [1.29, 1.82) is 0 Å². The zero-order valence-corrected chi connectivity index (χ0v) is 11.5. The van der Waals surface area contributed by atoms with Crippen LogP contribution in [0.3, 0.4) is 0 Å². The van der Waals surface area contributed by atoms with Crippen molar-refractivity contribution in [3.63, 3.8) is 0 Å². The van der Waals surface area contributed by atoms with Crippen molar-refractivity contribution in [2.24, 2.45) is 9.98 Å². The second-order valence-corrected chi connectivity index (χ2v) is 4.31. The quantitative estimate of drug-likeness (QED) is 0.736. The Morgan fingerprint density at radius 3 is 2.71 bits per heavy atom. The van der Waals surface area contributed by atoms with E-state index in [1.165, 1.54) is 5.57 Å². The molecule has 0 N–H and O–H groups in total. The van der Waals surface area contributed by atoms with Gasteiger partial charge in [0.2, 0.25) is 0 Å². The summed E-state index contributed by atoms with van der Waals surface area (Å²) in [5.41, 5.74) is 2.19. The molecule has 4 nitrogen and oxygen atoms in total. The Hall–Kier alpha value is -1.16. The molecule has 0 saturated heterocycles. The van der Waals surface area contributed by atoms with E-state index in [4.69, 9.17) is 4.74 Å². The monoisotopic (exact) mass is 237 g/mol. The van der Waals surface area contributed by atoms with Crippen LogP contribution in [0.1, 0.15) is 34.6 Å². The van der Waals surface area contributed by atoms with Crippen LogP contribution in [0, 0.1) is 0 Å². The zero-order valence-electron chi connectivity index (χ0n) is 11.5. The second-order valence-electron chi connectivity index (χ2n) is 4.31. The summed E-state index contributed by atoms with van der Waals surface area (Å²) in [5.74, 6) is 0.971. The van der Waals surface area contributed by atoms with Gasteiger partial charge in [0.25, 0.3) is 0 Å². The average molecular weight is 237 g/mol. The van der Waals surface area contributed by atoms with E-state index >= 15 is 0 Å². The largest absolute Gasteiger partial charge is 0.377 e. The van der Waals surface area contributed by atoms with Gasteiger partial charge in [0.15, 0.2) is 5.84 Å². The molecule has 0 spiro atoms. The van der Waals surface area contributed by atoms with Crippen LogP contribution in [0.15, 0.2) is 21.3 Å². The fourth-order valence-corrected chi connectivity index (χ4v) is 1.79. The lowest BCUT2D eigenvalue weighted by Gasteiger charge is -2.20. The number of ether oxygens (including phenoxy) is 1. The Kier molecular flexibility index (Phi) is 5.35. The van der Waals surface area contributed by atoms with E-state index in [1.807, 2.05) is 20.2 Å². The lowest BCUT2D eigenvalue weighted by Crippen LogP contribution is -2.34. The number of amidine groups is 1. The van der Waals surface area contributed by atoms with Crippen LogP contribution in [0.4, 0.5) is 0 Å². The molecule has 1 heterocycles. The number of rotatable bonds is 5. The molecular weight excluding hydrogens is 214 g/mol. The van der Waals surface area contributed by atoms with E-state index in [1.54, 1.807) is 0 Å². The number of hydrogen-bond donors (Lipinski definition) is 0. The SMILES string of the molecule is CCN=C1C(=C(C)C)N=CN1C[C@@H](C)OCC. The first-order valence-electron chi connectivity index (χ1n) is 6.24. The molecule has 1 rings (SSSR count). The van der Waals surface area contributed by atoms with Gasteiger partial charge in [0.1, 0.15) is 5.70 Å². The maximum absolute atomic E-state index is 5.55. The summed E-state index contributed by atoms with van der Waals surface area (Å²) in [4.78, 5) is 11.0. The van der Waals surface area contributed by atoms with Crippen molar-refractivity contribution in [1.82, 2.24) is 4.90 Å². The fourth-order valence-electron chi connectivity index (χ4n) is 1.79. The molecule has 0 aromatic carbocycles. The van der Waals surface area contributed by atoms with Crippen molar-refractivity contribution in [3.05, 3.63) is 11.3 Å². The van der Waals surface area contributed by atoms with Gasteiger partial charge in [-0.25, -0.2) is 4.99 Å². The number of hydrogen-bond acceptors (Lipinski definition) is 3. The van der Waals surface area contributed by atoms with E-state index in [0.717, 1.165) is 31.2 Å². The topological polar surface area (TPSA) is 37.2 Å². The number of aliphatic imine (C=N–C) groups is 2. The van der Waals surface area contributed by atoms with Crippen molar-refractivity contribution < 1.29 is 4.74 Å². The van der Waals surface area contributed by atoms with E-state index < -0.39 is 0 Å². The first-order chi connectivity index (χ1) is 8.10. The summed E-state index contributed by atoms with van der Waals surface area (Å²) in [5, 5.41) is 0. The summed E-state index contributed by atoms with van der Waals surface area (Å²) in [6, 6.07) is 0. The fraction of sp³-hybridized carbons (Fsp3) is 0.692. The third-order valence-corrected chi connectivity index (χ3v) is 2.50. The molecule has 0 saturated carbocycles. The molecule has 1 aliphatic heterocycles. The Morgan fingerprint density at radius 2 is 2.18 bits per heavy atom. The first-order valence-corrected chi connectivity index (χ1v) is 6.24. The molecule has 0 aromatic heterocycles. The van der Waals surface area contributed by atoms with Crippen LogP contribution < -0.4 is 0 Å². The van der Waals surface area contributed by atoms with Crippen LogP contribution in [0.2, 0.25) is 0 Å². The summed E-state index contributed by atoms with van der Waals surface area (Å²) in [6.07, 6.45) is 2.04. The van der Waals surface area contributed by atoms with Crippen LogP contribution >= 0.6 is 0 Å². The van der Waals surface area contributed by atoms with Crippen molar-refractivity contribution >= 4 is 12.2 Å². The minimum Gasteiger partial charge on any atom is -0.377 e. The van der Waals surface area contributed by atoms with Crippen LogP contribution in [0.5, 0.6) is 0 Å². The van der Waals surface area contributed by atoms with Gasteiger partial charge < -0.3 is 9.64 Å². The van der Waals surface area contributed by atoms with Gasteiger partial charge in [0.05, 0.1) is 19.0 Å². The average Bonchev–Trinajstić information content (AvgIpc) is 2.63. The highest BCUT2D eigenvalue weighted by molar-refractivity contribution is 6.09. The standard InChI is InChI=1S/C13H23N3O/c1-6-14-13-12(10(3)4)15-9-16(13)8-11(5)17-7-2/h9,11H,6-8H2,1-5H3/t11-/m1/s1. The van der Waals surface area contributed by atoms with E-state index in [-0.39, 0.29) is 6.10 Å². The molecule has 0 amide bonds. The van der Waals surface area contributed by atoms with Crippen molar-refractivity contribution in [3.8, 4) is 0 Å². The van der Waals surface area contributed by atoms with E-state index in [2.05, 4.69) is 35.7 Å². The maximum Gasteiger partial charge on any atom is 0.155 e. The molecule has 1 aliphatic rings.